The summed E-state index contributed by atoms with van der Waals surface area (Å²) in [5, 5.41) is 4.90. The molecule has 1 fully saturated rings. The van der Waals surface area contributed by atoms with E-state index in [4.69, 9.17) is 4.74 Å². The topological polar surface area (TPSA) is 122 Å². The second kappa shape index (κ2) is 10.1. The van der Waals surface area contributed by atoms with Crippen LogP contribution in [0.2, 0.25) is 0 Å². The van der Waals surface area contributed by atoms with Gasteiger partial charge in [0, 0.05) is 6.04 Å². The highest BCUT2D eigenvalue weighted by Gasteiger charge is 2.38. The molecule has 0 aromatic heterocycles. The molecule has 0 atom stereocenters. The molecular weight excluding hydrogens is 450 g/mol. The summed E-state index contributed by atoms with van der Waals surface area (Å²) in [4.78, 5) is 63.5. The van der Waals surface area contributed by atoms with Crippen molar-refractivity contribution >= 4 is 35.4 Å². The lowest BCUT2D eigenvalue weighted by atomic mass is 9.96. The fourth-order valence-corrected chi connectivity index (χ4v) is 4.39. The lowest BCUT2D eigenvalue weighted by Gasteiger charge is -2.22. The summed E-state index contributed by atoms with van der Waals surface area (Å²) in [6.45, 7) is 3.02. The van der Waals surface area contributed by atoms with E-state index >= 15 is 0 Å². The molecule has 5 amide bonds. The van der Waals surface area contributed by atoms with Gasteiger partial charge in [0.1, 0.15) is 0 Å². The lowest BCUT2D eigenvalue weighted by molar-refractivity contribution is -0.123. The highest BCUT2D eigenvalue weighted by atomic mass is 16.5. The zero-order chi connectivity index (χ0) is 25.1. The van der Waals surface area contributed by atoms with Crippen LogP contribution in [0.25, 0.3) is 0 Å². The molecule has 0 bridgehead atoms. The van der Waals surface area contributed by atoms with Gasteiger partial charge in [-0.3, -0.25) is 19.7 Å². The van der Waals surface area contributed by atoms with E-state index in [1.54, 1.807) is 6.07 Å². The number of esters is 1. The Bertz CT molecular complexity index is 1220. The van der Waals surface area contributed by atoms with Crippen LogP contribution in [-0.2, 0) is 9.53 Å². The van der Waals surface area contributed by atoms with Crippen molar-refractivity contribution in [3.05, 3.63) is 64.2 Å². The van der Waals surface area contributed by atoms with Gasteiger partial charge in [-0.05, 0) is 62.1 Å². The third-order valence-corrected chi connectivity index (χ3v) is 6.26. The number of imide groups is 2. The van der Waals surface area contributed by atoms with Crippen molar-refractivity contribution in [1.82, 2.24) is 10.6 Å². The van der Waals surface area contributed by atoms with E-state index in [-0.39, 0.29) is 22.7 Å². The van der Waals surface area contributed by atoms with E-state index in [9.17, 15) is 24.0 Å². The van der Waals surface area contributed by atoms with Crippen LogP contribution in [0.5, 0.6) is 0 Å². The average molecular weight is 478 g/mol. The van der Waals surface area contributed by atoms with Crippen LogP contribution < -0.4 is 15.5 Å². The fraction of sp³-hybridized carbons (Fsp3) is 0.346. The molecule has 2 aromatic rings. The van der Waals surface area contributed by atoms with Gasteiger partial charge in [0.25, 0.3) is 17.7 Å². The highest BCUT2D eigenvalue weighted by Crippen LogP contribution is 2.32. The normalized spacial score (nSPS) is 15.5. The Balaban J connectivity index is 1.38. The molecule has 2 aliphatic rings. The van der Waals surface area contributed by atoms with Crippen LogP contribution in [0.15, 0.2) is 36.4 Å². The molecule has 1 saturated carbocycles. The number of ether oxygens (including phenoxy) is 1. The maximum Gasteiger partial charge on any atom is 0.338 e. The predicted octanol–water partition coefficient (Wildman–Crippen LogP) is 3.42. The second-order valence-electron chi connectivity index (χ2n) is 8.93. The van der Waals surface area contributed by atoms with Gasteiger partial charge in [-0.25, -0.2) is 14.5 Å². The van der Waals surface area contributed by atoms with Crippen LogP contribution in [0.1, 0.15) is 74.3 Å². The van der Waals surface area contributed by atoms with Gasteiger partial charge in [-0.1, -0.05) is 31.4 Å². The van der Waals surface area contributed by atoms with Crippen molar-refractivity contribution in [2.75, 3.05) is 11.5 Å². The number of carbonyl (C=O) groups excluding carboxylic acids is 5. The Hall–Kier alpha value is -4.01. The number of hydrogen-bond acceptors (Lipinski definition) is 6. The van der Waals surface area contributed by atoms with Gasteiger partial charge in [0.2, 0.25) is 0 Å². The molecule has 2 N–H and O–H groups in total. The molecule has 182 valence electrons. The van der Waals surface area contributed by atoms with Gasteiger partial charge >= 0.3 is 12.0 Å². The first kappa shape index (κ1) is 24.1. The standard InChI is InChI=1S/C26H27N3O6/c1-15-8-9-16(2)21(12-15)29-23(31)19-11-10-17(13-20(19)24(29)32)25(33)35-14-22(30)28-26(34)27-18-6-4-3-5-7-18/h8-13,18H,3-7,14H2,1-2H3,(H2,27,28,30,34). The molecule has 2 aromatic carbocycles. The van der Waals surface area contributed by atoms with Gasteiger partial charge in [0.15, 0.2) is 6.61 Å². The molecule has 9 heteroatoms. The van der Waals surface area contributed by atoms with Crippen LogP contribution in [-0.4, -0.2) is 42.4 Å². The van der Waals surface area contributed by atoms with Crippen molar-refractivity contribution in [1.29, 1.82) is 0 Å². The summed E-state index contributed by atoms with van der Waals surface area (Å²) >= 11 is 0. The number of anilines is 1. The van der Waals surface area contributed by atoms with Crippen molar-refractivity contribution in [3.63, 3.8) is 0 Å². The summed E-state index contributed by atoms with van der Waals surface area (Å²) in [5.74, 6) is -2.62. The molecule has 1 heterocycles. The molecule has 35 heavy (non-hydrogen) atoms. The fourth-order valence-electron chi connectivity index (χ4n) is 4.39. The average Bonchev–Trinajstić information content (AvgIpc) is 3.09. The first-order chi connectivity index (χ1) is 16.7. The molecule has 0 radical (unpaired) electrons. The Morgan fingerprint density at radius 1 is 0.943 bits per heavy atom. The number of benzene rings is 2. The van der Waals surface area contributed by atoms with Gasteiger partial charge in [0.05, 0.1) is 22.4 Å². The molecule has 0 saturated heterocycles. The number of nitrogens with one attached hydrogen (secondary N) is 2. The number of aryl methyl sites for hydroxylation is 2. The molecule has 4 rings (SSSR count). The number of fused-ring (bicyclic) bond motifs is 1. The first-order valence-electron chi connectivity index (χ1n) is 11.6. The summed E-state index contributed by atoms with van der Waals surface area (Å²) in [6, 6.07) is 8.95. The van der Waals surface area contributed by atoms with Gasteiger partial charge in [-0.15, -0.1) is 0 Å². The quantitative estimate of drug-likeness (QED) is 0.503. The Kier molecular flexibility index (Phi) is 6.95. The van der Waals surface area contributed by atoms with E-state index in [1.807, 2.05) is 26.0 Å². The lowest BCUT2D eigenvalue weighted by Crippen LogP contribution is -2.46. The zero-order valence-electron chi connectivity index (χ0n) is 19.7. The van der Waals surface area contributed by atoms with E-state index in [0.717, 1.165) is 48.1 Å². The van der Waals surface area contributed by atoms with Crippen LogP contribution in [0.4, 0.5) is 10.5 Å². The highest BCUT2D eigenvalue weighted by molar-refractivity contribution is 6.35. The maximum absolute atomic E-state index is 13.0. The Morgan fingerprint density at radius 2 is 1.66 bits per heavy atom. The maximum atomic E-state index is 13.0. The van der Waals surface area contributed by atoms with Gasteiger partial charge in [-0.2, -0.15) is 0 Å². The van der Waals surface area contributed by atoms with E-state index < -0.39 is 36.3 Å². The third kappa shape index (κ3) is 5.24. The van der Waals surface area contributed by atoms with E-state index in [2.05, 4.69) is 10.6 Å². The minimum Gasteiger partial charge on any atom is -0.452 e. The summed E-state index contributed by atoms with van der Waals surface area (Å²) in [5.41, 5.74) is 2.45. The van der Waals surface area contributed by atoms with Crippen LogP contribution in [0, 0.1) is 13.8 Å². The summed E-state index contributed by atoms with van der Waals surface area (Å²) in [7, 11) is 0. The van der Waals surface area contributed by atoms with E-state index in [1.165, 1.54) is 18.2 Å². The minimum absolute atomic E-state index is 0.0205. The molecule has 0 unspecified atom stereocenters. The van der Waals surface area contributed by atoms with Crippen molar-refractivity contribution in [2.45, 2.75) is 52.0 Å². The third-order valence-electron chi connectivity index (χ3n) is 6.26. The monoisotopic (exact) mass is 477 g/mol. The Labute approximate surface area is 202 Å². The second-order valence-corrected chi connectivity index (χ2v) is 8.93. The number of rotatable bonds is 5. The number of amides is 5. The number of carbonyl (C=O) groups is 5. The number of urea groups is 1. The van der Waals surface area contributed by atoms with Crippen molar-refractivity contribution in [2.24, 2.45) is 0 Å². The summed E-state index contributed by atoms with van der Waals surface area (Å²) < 4.78 is 5.01. The first-order valence-corrected chi connectivity index (χ1v) is 11.6. The van der Waals surface area contributed by atoms with Crippen LogP contribution in [0.3, 0.4) is 0 Å². The Morgan fingerprint density at radius 3 is 2.40 bits per heavy atom. The van der Waals surface area contributed by atoms with E-state index in [0.29, 0.717) is 5.69 Å². The number of nitrogens with zero attached hydrogens (tertiary/aromatic N) is 1. The molecule has 1 aliphatic heterocycles. The van der Waals surface area contributed by atoms with Crippen LogP contribution >= 0.6 is 0 Å². The molecule has 1 aliphatic carbocycles. The largest absolute Gasteiger partial charge is 0.452 e. The molecule has 9 nitrogen and oxygen atoms in total. The zero-order valence-corrected chi connectivity index (χ0v) is 19.7. The number of hydrogen-bond donors (Lipinski definition) is 2. The predicted molar refractivity (Wildman–Crippen MR) is 127 cm³/mol. The SMILES string of the molecule is Cc1ccc(C)c(N2C(=O)c3ccc(C(=O)OCC(=O)NC(=O)NC4CCCCC4)cc3C2=O)c1. The van der Waals surface area contributed by atoms with Crippen molar-refractivity contribution in [3.8, 4) is 0 Å². The smallest absolute Gasteiger partial charge is 0.338 e. The van der Waals surface area contributed by atoms with Crippen molar-refractivity contribution < 1.29 is 28.7 Å². The molecule has 0 spiro atoms. The van der Waals surface area contributed by atoms with Gasteiger partial charge < -0.3 is 10.1 Å². The summed E-state index contributed by atoms with van der Waals surface area (Å²) in [6.07, 6.45) is 4.95. The minimum atomic E-state index is -0.846. The molecular formula is C26H27N3O6.